The molecule has 2 aromatic rings. The minimum atomic E-state index is -4.52. The Kier molecular flexibility index (Phi) is 5.37. The number of thiocarbonyl (C=S) groups is 1. The summed E-state index contributed by atoms with van der Waals surface area (Å²) in [6.07, 6.45) is -4.52. The number of carbonyl (C=O) groups is 1. The number of rotatable bonds is 3. The summed E-state index contributed by atoms with van der Waals surface area (Å²) in [5.74, 6) is -1.12. The van der Waals surface area contributed by atoms with E-state index in [0.717, 1.165) is 18.2 Å². The smallest absolute Gasteiger partial charge is 0.351 e. The van der Waals surface area contributed by atoms with Gasteiger partial charge in [0.15, 0.2) is 5.11 Å². The van der Waals surface area contributed by atoms with Gasteiger partial charge in [-0.1, -0.05) is 18.2 Å². The summed E-state index contributed by atoms with van der Waals surface area (Å²) in [6, 6.07) is 9.07. The average molecular weight is 409 g/mol. The molecule has 3 N–H and O–H groups in total. The van der Waals surface area contributed by atoms with Crippen LogP contribution in [0.25, 0.3) is 0 Å². The van der Waals surface area contributed by atoms with Gasteiger partial charge in [0, 0.05) is 11.4 Å². The van der Waals surface area contributed by atoms with Gasteiger partial charge in [0.25, 0.3) is 5.91 Å². The van der Waals surface area contributed by atoms with E-state index in [9.17, 15) is 22.4 Å². The van der Waals surface area contributed by atoms with Crippen molar-refractivity contribution in [3.63, 3.8) is 0 Å². The van der Waals surface area contributed by atoms with Crippen molar-refractivity contribution in [1.82, 2.24) is 10.6 Å². The summed E-state index contributed by atoms with van der Waals surface area (Å²) in [5, 5.41) is 8.37. The highest BCUT2D eigenvalue weighted by molar-refractivity contribution is 7.80. The number of amides is 1. The van der Waals surface area contributed by atoms with Crippen LogP contribution in [0, 0.1) is 5.82 Å². The fourth-order valence-electron chi connectivity index (χ4n) is 2.90. The van der Waals surface area contributed by atoms with E-state index < -0.39 is 29.5 Å². The van der Waals surface area contributed by atoms with Gasteiger partial charge < -0.3 is 16.0 Å². The number of alkyl halides is 3. The average Bonchev–Trinajstić information content (AvgIpc) is 2.60. The molecule has 1 aliphatic heterocycles. The number of anilines is 1. The van der Waals surface area contributed by atoms with Gasteiger partial charge >= 0.3 is 6.18 Å². The van der Waals surface area contributed by atoms with Crippen LogP contribution in [0.15, 0.2) is 59.8 Å². The maximum Gasteiger partial charge on any atom is 0.416 e. The Hall–Kier alpha value is -2.94. The molecule has 0 saturated heterocycles. The molecule has 1 atom stereocenters. The lowest BCUT2D eigenvalue weighted by molar-refractivity contribution is -0.137. The molecular formula is C19H15F4N3OS. The molecule has 9 heteroatoms. The summed E-state index contributed by atoms with van der Waals surface area (Å²) in [5.41, 5.74) is 0.153. The number of benzene rings is 2. The van der Waals surface area contributed by atoms with Gasteiger partial charge in [0.1, 0.15) is 5.82 Å². The van der Waals surface area contributed by atoms with Crippen molar-refractivity contribution >= 4 is 28.9 Å². The van der Waals surface area contributed by atoms with Crippen LogP contribution in [-0.2, 0) is 11.0 Å². The zero-order valence-electron chi connectivity index (χ0n) is 14.5. The first kappa shape index (κ1) is 19.8. The predicted octanol–water partition coefficient (Wildman–Crippen LogP) is 4.28. The van der Waals surface area contributed by atoms with E-state index in [2.05, 4.69) is 16.0 Å². The second kappa shape index (κ2) is 7.59. The number of nitrogens with one attached hydrogen (secondary N) is 3. The lowest BCUT2D eigenvalue weighted by atomic mass is 9.93. The van der Waals surface area contributed by atoms with Gasteiger partial charge in [-0.2, -0.15) is 13.2 Å². The molecule has 2 aromatic carbocycles. The maximum absolute atomic E-state index is 13.4. The predicted molar refractivity (Wildman–Crippen MR) is 101 cm³/mol. The lowest BCUT2D eigenvalue weighted by Crippen LogP contribution is -2.45. The van der Waals surface area contributed by atoms with Crippen LogP contribution in [0.5, 0.6) is 0 Å². The van der Waals surface area contributed by atoms with Crippen molar-refractivity contribution < 1.29 is 22.4 Å². The molecular weight excluding hydrogens is 394 g/mol. The van der Waals surface area contributed by atoms with Crippen LogP contribution in [-0.4, -0.2) is 11.0 Å². The summed E-state index contributed by atoms with van der Waals surface area (Å²) in [7, 11) is 0. The number of carbonyl (C=O) groups excluding carboxylic acids is 1. The van der Waals surface area contributed by atoms with Crippen LogP contribution in [0.4, 0.5) is 23.2 Å². The molecule has 0 aliphatic carbocycles. The molecule has 0 bridgehead atoms. The van der Waals surface area contributed by atoms with Crippen LogP contribution in [0.1, 0.15) is 24.1 Å². The molecule has 146 valence electrons. The SMILES string of the molecule is CC1=C(C(=O)Nc2cccc(F)c2)[C@@H](c2cccc(C(F)(F)F)c2)NC(=S)N1. The zero-order valence-corrected chi connectivity index (χ0v) is 15.3. The van der Waals surface area contributed by atoms with Crippen molar-refractivity contribution in [1.29, 1.82) is 0 Å². The monoisotopic (exact) mass is 409 g/mol. The third kappa shape index (κ3) is 4.30. The summed E-state index contributed by atoms with van der Waals surface area (Å²) >= 11 is 5.09. The van der Waals surface area contributed by atoms with Gasteiger partial charge in [-0.3, -0.25) is 4.79 Å². The Balaban J connectivity index is 1.98. The molecule has 0 saturated carbocycles. The standard InChI is InChI=1S/C19H15F4N3OS/c1-10-15(17(27)25-14-7-3-6-13(20)9-14)16(26-18(28)24-10)11-4-2-5-12(8-11)19(21,22)23/h2-9,16H,1H3,(H,25,27)(H2,24,26,28)/t16-/m1/s1. The lowest BCUT2D eigenvalue weighted by Gasteiger charge is -2.30. The van der Waals surface area contributed by atoms with E-state index in [-0.39, 0.29) is 21.9 Å². The number of hydrogen-bond donors (Lipinski definition) is 3. The van der Waals surface area contributed by atoms with Crippen LogP contribution < -0.4 is 16.0 Å². The zero-order chi connectivity index (χ0) is 20.5. The van der Waals surface area contributed by atoms with Crippen molar-refractivity contribution in [3.05, 3.63) is 76.7 Å². The van der Waals surface area contributed by atoms with Gasteiger partial charge in [-0.15, -0.1) is 0 Å². The number of halogens is 4. The maximum atomic E-state index is 13.4. The van der Waals surface area contributed by atoms with Crippen molar-refractivity contribution in [2.75, 3.05) is 5.32 Å². The van der Waals surface area contributed by atoms with Crippen molar-refractivity contribution in [2.45, 2.75) is 19.1 Å². The summed E-state index contributed by atoms with van der Waals surface area (Å²) < 4.78 is 52.6. The molecule has 4 nitrogen and oxygen atoms in total. The molecule has 0 fully saturated rings. The topological polar surface area (TPSA) is 53.2 Å². The highest BCUT2D eigenvalue weighted by atomic mass is 32.1. The Labute approximate surface area is 163 Å². The Bertz CT molecular complexity index is 972. The molecule has 3 rings (SSSR count). The van der Waals surface area contributed by atoms with Gasteiger partial charge in [0.05, 0.1) is 17.2 Å². The van der Waals surface area contributed by atoms with Gasteiger partial charge in [-0.05, 0) is 55.0 Å². The minimum Gasteiger partial charge on any atom is -0.351 e. The quantitative estimate of drug-likeness (QED) is 0.523. The molecule has 28 heavy (non-hydrogen) atoms. The molecule has 0 aromatic heterocycles. The van der Waals surface area contributed by atoms with Gasteiger partial charge in [-0.25, -0.2) is 4.39 Å². The van der Waals surface area contributed by atoms with E-state index in [1.807, 2.05) is 0 Å². The fourth-order valence-corrected chi connectivity index (χ4v) is 3.18. The van der Waals surface area contributed by atoms with E-state index in [4.69, 9.17) is 12.2 Å². The normalized spacial score (nSPS) is 17.0. The third-order valence-electron chi connectivity index (χ3n) is 4.14. The first-order valence-corrected chi connectivity index (χ1v) is 8.58. The molecule has 1 aliphatic rings. The second-order valence-corrected chi connectivity index (χ2v) is 6.57. The van der Waals surface area contributed by atoms with E-state index in [1.165, 1.54) is 30.3 Å². The van der Waals surface area contributed by atoms with E-state index >= 15 is 0 Å². The Morgan fingerprint density at radius 2 is 1.86 bits per heavy atom. The Morgan fingerprint density at radius 1 is 1.14 bits per heavy atom. The summed E-state index contributed by atoms with van der Waals surface area (Å²) in [4.78, 5) is 12.8. The minimum absolute atomic E-state index is 0.150. The Morgan fingerprint density at radius 3 is 2.54 bits per heavy atom. The molecule has 0 radical (unpaired) electrons. The highest BCUT2D eigenvalue weighted by Crippen LogP contribution is 2.33. The number of hydrogen-bond acceptors (Lipinski definition) is 2. The molecule has 0 spiro atoms. The summed E-state index contributed by atoms with van der Waals surface area (Å²) in [6.45, 7) is 1.59. The molecule has 1 amide bonds. The van der Waals surface area contributed by atoms with Gasteiger partial charge in [0.2, 0.25) is 0 Å². The second-order valence-electron chi connectivity index (χ2n) is 6.16. The van der Waals surface area contributed by atoms with Crippen LogP contribution >= 0.6 is 12.2 Å². The van der Waals surface area contributed by atoms with Crippen molar-refractivity contribution in [2.24, 2.45) is 0 Å². The molecule has 0 unspecified atom stereocenters. The third-order valence-corrected chi connectivity index (χ3v) is 4.36. The van der Waals surface area contributed by atoms with E-state index in [1.54, 1.807) is 6.92 Å². The largest absolute Gasteiger partial charge is 0.416 e. The van der Waals surface area contributed by atoms with Crippen molar-refractivity contribution in [3.8, 4) is 0 Å². The highest BCUT2D eigenvalue weighted by Gasteiger charge is 2.34. The van der Waals surface area contributed by atoms with E-state index in [0.29, 0.717) is 5.70 Å². The number of allylic oxidation sites excluding steroid dienone is 1. The first-order chi connectivity index (χ1) is 13.1. The molecule has 1 heterocycles. The first-order valence-electron chi connectivity index (χ1n) is 8.17. The van der Waals surface area contributed by atoms with Crippen LogP contribution in [0.2, 0.25) is 0 Å². The fraction of sp³-hybridized carbons (Fsp3) is 0.158. The van der Waals surface area contributed by atoms with Crippen LogP contribution in [0.3, 0.4) is 0 Å².